The Hall–Kier alpha value is -3.33. The molecule has 0 spiro atoms. The van der Waals surface area contributed by atoms with Crippen molar-refractivity contribution >= 4 is 50.2 Å². The average Bonchev–Trinajstić information content (AvgIpc) is 3.25. The quantitative estimate of drug-likeness (QED) is 0.548. The second kappa shape index (κ2) is 11.4. The number of ether oxygens (including phenoxy) is 2. The maximum absolute atomic E-state index is 13.1. The zero-order valence-electron chi connectivity index (χ0n) is 22.0. The van der Waals surface area contributed by atoms with Crippen molar-refractivity contribution in [2.75, 3.05) is 32.1 Å². The molecule has 1 aromatic carbocycles. The van der Waals surface area contributed by atoms with Gasteiger partial charge in [-0.2, -0.15) is 4.31 Å². The van der Waals surface area contributed by atoms with E-state index in [9.17, 15) is 27.6 Å². The third-order valence-electron chi connectivity index (χ3n) is 6.50. The molecule has 1 fully saturated rings. The largest absolute Gasteiger partial charge is 0.453 e. The fourth-order valence-electron chi connectivity index (χ4n) is 4.64. The monoisotopic (exact) mass is 578 g/mol. The average molecular weight is 579 g/mol. The zero-order valence-corrected chi connectivity index (χ0v) is 23.6. The number of anilines is 1. The van der Waals surface area contributed by atoms with Crippen LogP contribution in [0.3, 0.4) is 0 Å². The van der Waals surface area contributed by atoms with E-state index in [1.54, 1.807) is 4.90 Å². The van der Waals surface area contributed by atoms with Crippen molar-refractivity contribution in [3.63, 3.8) is 0 Å². The molecule has 2 atom stereocenters. The summed E-state index contributed by atoms with van der Waals surface area (Å²) in [4.78, 5) is 52.0. The molecule has 0 aliphatic carbocycles. The molecule has 14 heteroatoms. The van der Waals surface area contributed by atoms with Crippen LogP contribution in [0.4, 0.5) is 9.80 Å². The number of hydrogen-bond acceptors (Lipinski definition) is 9. The van der Waals surface area contributed by atoms with Crippen molar-refractivity contribution in [3.8, 4) is 0 Å². The number of sulfonamides is 1. The van der Waals surface area contributed by atoms with Crippen LogP contribution >= 0.6 is 11.3 Å². The number of hydrogen-bond donors (Lipinski definition) is 2. The van der Waals surface area contributed by atoms with Gasteiger partial charge in [0.25, 0.3) is 11.8 Å². The highest BCUT2D eigenvalue weighted by atomic mass is 32.2. The number of methoxy groups -OCH3 is 1. The summed E-state index contributed by atoms with van der Waals surface area (Å²) < 4.78 is 37.8. The molecule has 0 radical (unpaired) electrons. The van der Waals surface area contributed by atoms with Crippen molar-refractivity contribution < 1.29 is 37.1 Å². The van der Waals surface area contributed by atoms with Gasteiger partial charge in [0.05, 0.1) is 36.3 Å². The molecule has 2 aromatic rings. The first-order chi connectivity index (χ1) is 18.4. The lowest BCUT2D eigenvalue weighted by Gasteiger charge is -2.34. The van der Waals surface area contributed by atoms with Crippen LogP contribution in [0, 0.1) is 0 Å². The van der Waals surface area contributed by atoms with Crippen molar-refractivity contribution in [2.45, 2.75) is 50.8 Å². The maximum Gasteiger partial charge on any atom is 0.413 e. The third kappa shape index (κ3) is 6.13. The predicted molar refractivity (Wildman–Crippen MR) is 142 cm³/mol. The van der Waals surface area contributed by atoms with E-state index in [4.69, 9.17) is 4.74 Å². The highest BCUT2D eigenvalue weighted by molar-refractivity contribution is 7.89. The Labute approximate surface area is 230 Å². The van der Waals surface area contributed by atoms with Crippen LogP contribution in [-0.4, -0.2) is 80.4 Å². The minimum Gasteiger partial charge on any atom is -0.453 e. The molecule has 0 saturated carbocycles. The summed E-state index contributed by atoms with van der Waals surface area (Å²) in [6, 6.07) is 5.53. The van der Waals surface area contributed by atoms with Crippen molar-refractivity contribution in [3.05, 3.63) is 45.8 Å². The van der Waals surface area contributed by atoms with Gasteiger partial charge >= 0.3 is 6.09 Å². The summed E-state index contributed by atoms with van der Waals surface area (Å²) in [5, 5.41) is 5.06. The number of fused-ring (bicyclic) bond motifs is 1. The SMILES string of the molecule is COC(=O)NC(=O)c1c(NC(=O)c2ccc(S(=O)(=O)N3CC(C)OC(C)C3)cc2)sc2c1CCN(C(C)=O)C2. The van der Waals surface area contributed by atoms with E-state index in [0.717, 1.165) is 23.3 Å². The minimum atomic E-state index is -3.78. The first-order valence-corrected chi connectivity index (χ1v) is 14.5. The molecule has 12 nitrogen and oxygen atoms in total. The number of carbonyl (C=O) groups is 4. The Morgan fingerprint density at radius 3 is 2.28 bits per heavy atom. The number of benzene rings is 1. The number of carbonyl (C=O) groups excluding carboxylic acids is 4. The molecule has 2 N–H and O–H groups in total. The van der Waals surface area contributed by atoms with Crippen molar-refractivity contribution in [1.82, 2.24) is 14.5 Å². The van der Waals surface area contributed by atoms with Crippen molar-refractivity contribution in [1.29, 1.82) is 0 Å². The normalized spacial score (nSPS) is 19.6. The third-order valence-corrected chi connectivity index (χ3v) is 9.48. The number of nitrogens with one attached hydrogen (secondary N) is 2. The number of nitrogens with zero attached hydrogens (tertiary/aromatic N) is 2. The number of rotatable bonds is 5. The summed E-state index contributed by atoms with van der Waals surface area (Å²) in [5.41, 5.74) is 0.949. The first-order valence-electron chi connectivity index (χ1n) is 12.3. The Morgan fingerprint density at radius 2 is 1.69 bits per heavy atom. The van der Waals surface area contributed by atoms with Crippen molar-refractivity contribution in [2.24, 2.45) is 0 Å². The smallest absolute Gasteiger partial charge is 0.413 e. The Kier molecular flexibility index (Phi) is 8.39. The summed E-state index contributed by atoms with van der Waals surface area (Å²) in [6.45, 7) is 6.20. The number of imide groups is 1. The van der Waals surface area contributed by atoms with Gasteiger partial charge in [-0.1, -0.05) is 0 Å². The van der Waals surface area contributed by atoms with E-state index in [2.05, 4.69) is 15.4 Å². The fraction of sp³-hybridized carbons (Fsp3) is 0.440. The zero-order chi connectivity index (χ0) is 28.5. The number of amides is 4. The molecule has 3 heterocycles. The molecule has 210 valence electrons. The highest BCUT2D eigenvalue weighted by Gasteiger charge is 2.33. The van der Waals surface area contributed by atoms with E-state index < -0.39 is 27.9 Å². The predicted octanol–water partition coefficient (Wildman–Crippen LogP) is 2.20. The van der Waals surface area contributed by atoms with Gasteiger partial charge in [0, 0.05) is 37.0 Å². The van der Waals surface area contributed by atoms with Gasteiger partial charge in [-0.25, -0.2) is 13.2 Å². The molecule has 4 rings (SSSR count). The summed E-state index contributed by atoms with van der Waals surface area (Å²) in [7, 11) is -2.65. The van der Waals surface area contributed by atoms with Crippen LogP contribution in [0.2, 0.25) is 0 Å². The molecular weight excluding hydrogens is 548 g/mol. The van der Waals surface area contributed by atoms with Gasteiger partial charge in [-0.3, -0.25) is 19.7 Å². The number of thiophene rings is 1. The van der Waals surface area contributed by atoms with E-state index in [-0.39, 0.29) is 58.8 Å². The van der Waals surface area contributed by atoms with E-state index >= 15 is 0 Å². The lowest BCUT2D eigenvalue weighted by molar-refractivity contribution is -0.129. The van der Waals surface area contributed by atoms with Crippen LogP contribution in [0.5, 0.6) is 0 Å². The topological polar surface area (TPSA) is 151 Å². The summed E-state index contributed by atoms with van der Waals surface area (Å²) in [5.74, 6) is -1.42. The number of alkyl carbamates (subject to hydrolysis) is 1. The summed E-state index contributed by atoms with van der Waals surface area (Å²) in [6.07, 6.45) is -1.05. The maximum atomic E-state index is 13.1. The van der Waals surface area contributed by atoms with Gasteiger partial charge in [0.2, 0.25) is 15.9 Å². The van der Waals surface area contributed by atoms with Crippen LogP contribution in [0.25, 0.3) is 0 Å². The molecule has 1 aromatic heterocycles. The fourth-order valence-corrected chi connectivity index (χ4v) is 7.48. The molecule has 1 saturated heterocycles. The molecule has 2 unspecified atom stereocenters. The molecule has 39 heavy (non-hydrogen) atoms. The first kappa shape index (κ1) is 28.7. The lowest BCUT2D eigenvalue weighted by atomic mass is 10.0. The van der Waals surface area contributed by atoms with E-state index in [0.29, 0.717) is 18.5 Å². The molecule has 2 aliphatic rings. The molecule has 4 amide bonds. The minimum absolute atomic E-state index is 0.0504. The van der Waals surface area contributed by atoms with E-state index in [1.807, 2.05) is 13.8 Å². The van der Waals surface area contributed by atoms with Crippen LogP contribution in [-0.2, 0) is 37.3 Å². The van der Waals surface area contributed by atoms with Gasteiger partial charge in [0.15, 0.2) is 0 Å². The Morgan fingerprint density at radius 1 is 1.05 bits per heavy atom. The van der Waals surface area contributed by atoms with Crippen LogP contribution in [0.15, 0.2) is 29.2 Å². The Bertz CT molecular complexity index is 1390. The van der Waals surface area contributed by atoms with Crippen LogP contribution < -0.4 is 10.6 Å². The standard InChI is InChI=1S/C25H30N4O8S2/c1-14-11-29(12-15(2)37-14)39(34,35)18-7-5-17(6-8-18)22(31)26-24-21(23(32)27-25(33)36-4)19-9-10-28(16(3)30)13-20(19)38-24/h5-8,14-15H,9-13H2,1-4H3,(H,26,31)(H,27,32,33). The summed E-state index contributed by atoms with van der Waals surface area (Å²) >= 11 is 1.14. The number of morpholine rings is 1. The van der Waals surface area contributed by atoms with Gasteiger partial charge in [-0.05, 0) is 50.1 Å². The van der Waals surface area contributed by atoms with Gasteiger partial charge < -0.3 is 19.7 Å². The second-order valence-corrected chi connectivity index (χ2v) is 12.4. The Balaban J connectivity index is 1.57. The molecule has 2 aliphatic heterocycles. The van der Waals surface area contributed by atoms with E-state index in [1.165, 1.54) is 35.5 Å². The van der Waals surface area contributed by atoms with Gasteiger partial charge in [0.1, 0.15) is 5.00 Å². The lowest BCUT2D eigenvalue weighted by Crippen LogP contribution is -2.48. The second-order valence-electron chi connectivity index (χ2n) is 9.40. The highest BCUT2D eigenvalue weighted by Crippen LogP contribution is 2.37. The van der Waals surface area contributed by atoms with Gasteiger partial charge in [-0.15, -0.1) is 11.3 Å². The molecular formula is C25H30N4O8S2. The molecule has 0 bridgehead atoms. The van der Waals surface area contributed by atoms with Crippen LogP contribution in [0.1, 0.15) is 51.9 Å².